The zero-order chi connectivity index (χ0) is 77.2. The molecule has 6 aliphatic rings. The van der Waals surface area contributed by atoms with Crippen molar-refractivity contribution < 1.29 is 97.1 Å². The van der Waals surface area contributed by atoms with Crippen LogP contribution in [0.4, 0.5) is 23.3 Å². The highest BCUT2D eigenvalue weighted by atomic mass is 32.2. The van der Waals surface area contributed by atoms with Crippen LogP contribution < -0.4 is 54.5 Å². The van der Waals surface area contributed by atoms with Gasteiger partial charge in [-0.1, -0.05) is 23.5 Å². The van der Waals surface area contributed by atoms with Gasteiger partial charge in [0, 0.05) is 59.7 Å². The molecule has 6 amide bonds. The number of ketones is 2. The lowest BCUT2D eigenvalue weighted by molar-refractivity contribution is -0.193. The summed E-state index contributed by atoms with van der Waals surface area (Å²) in [6.45, 7) is 3.45. The number of anilines is 4. The number of carbonyl (C=O) groups is 12. The molecule has 0 saturated carbocycles. The minimum atomic E-state index is -1.36. The summed E-state index contributed by atoms with van der Waals surface area (Å²) < 4.78 is 0. The minimum Gasteiger partial charge on any atom is -0.480 e. The summed E-state index contributed by atoms with van der Waals surface area (Å²) in [6.07, 6.45) is 2.61. The van der Waals surface area contributed by atoms with Crippen molar-refractivity contribution in [3.05, 3.63) is 104 Å². The minimum absolute atomic E-state index is 0.0337. The van der Waals surface area contributed by atoms with Crippen molar-refractivity contribution in [2.24, 2.45) is 0 Å². The van der Waals surface area contributed by atoms with Crippen molar-refractivity contribution in [2.75, 3.05) is 33.6 Å². The molecule has 6 fully saturated rings. The number of carbonyl (C=O) groups excluding carboxylic acids is 12. The number of nitrogen functional groups attached to an aromatic ring is 2. The van der Waals surface area contributed by atoms with Gasteiger partial charge in [0.15, 0.2) is 22.3 Å². The van der Waals surface area contributed by atoms with Gasteiger partial charge in [-0.15, -0.1) is 0 Å². The molecule has 6 unspecified atom stereocenters. The molecule has 12 rings (SSSR count). The topological polar surface area (TPSA) is 634 Å². The van der Waals surface area contributed by atoms with Crippen LogP contribution in [0.15, 0.2) is 70.5 Å². The fourth-order valence-electron chi connectivity index (χ4n) is 12.4. The average molecular weight is 1510 g/mol. The van der Waals surface area contributed by atoms with Crippen LogP contribution >= 0.6 is 23.5 Å². The second-order valence-corrected chi connectivity index (χ2v) is 26.5. The molecule has 0 bridgehead atoms. The Labute approximate surface area is 602 Å². The summed E-state index contributed by atoms with van der Waals surface area (Å²) in [5, 5.41) is 53.2. The van der Waals surface area contributed by atoms with E-state index in [2.05, 4.69) is 71.8 Å². The van der Waals surface area contributed by atoms with Crippen molar-refractivity contribution >= 4 is 152 Å². The zero-order valence-electron chi connectivity index (χ0n) is 55.5. The van der Waals surface area contributed by atoms with Crippen LogP contribution in [0.5, 0.6) is 0 Å². The smallest absolute Gasteiger partial charge is 0.373 e. The number of aliphatic carboxylic acids is 4. The summed E-state index contributed by atoms with van der Waals surface area (Å²) in [4.78, 5) is 242. The molecule has 0 radical (unpaired) electrons. The third-order valence-corrected chi connectivity index (χ3v) is 20.2. The van der Waals surface area contributed by atoms with Crippen LogP contribution in [0.2, 0.25) is 0 Å². The molecule has 10 heterocycles. The molecule has 0 aliphatic carbocycles. The number of aromatic nitrogens is 8. The molecule has 6 aliphatic heterocycles. The molecule has 44 heteroatoms. The summed E-state index contributed by atoms with van der Waals surface area (Å²) in [6, 6.07) is 4.02. The Morgan fingerprint density at radius 2 is 0.887 bits per heavy atom. The molecule has 2 aromatic carbocycles. The van der Waals surface area contributed by atoms with Gasteiger partial charge in [-0.05, 0) is 88.1 Å². The molecule has 16 N–H and O–H groups in total. The number of nitrogens with two attached hydrogens (primary N) is 2. The monoisotopic (exact) mass is 1500 g/mol. The Morgan fingerprint density at radius 3 is 1.22 bits per heavy atom. The normalized spacial score (nSPS) is 21.9. The fraction of sp³-hybridized carbons (Fsp3) is 0.387. The van der Waals surface area contributed by atoms with E-state index in [-0.39, 0.29) is 145 Å². The molecular weight excluding hydrogens is 1440 g/mol. The van der Waals surface area contributed by atoms with Crippen LogP contribution in [-0.4, -0.2) is 233 Å². The van der Waals surface area contributed by atoms with Crippen molar-refractivity contribution in [3.63, 3.8) is 0 Å². The van der Waals surface area contributed by atoms with Crippen LogP contribution in [0.25, 0.3) is 22.3 Å². The number of nitrogens with one attached hydrogen (secondary N) is 8. The quantitative estimate of drug-likeness (QED) is 0.0257. The van der Waals surface area contributed by atoms with Crippen LogP contribution in [0.1, 0.15) is 97.3 Å². The number of aromatic amines is 2. The lowest BCUT2D eigenvalue weighted by Gasteiger charge is -2.33. The van der Waals surface area contributed by atoms with Crippen LogP contribution in [0.3, 0.4) is 0 Å². The third kappa shape index (κ3) is 16.4. The van der Waals surface area contributed by atoms with Gasteiger partial charge in [0.25, 0.3) is 22.9 Å². The van der Waals surface area contributed by atoms with Crippen molar-refractivity contribution in [1.29, 1.82) is 0 Å². The number of amides is 6. The van der Waals surface area contributed by atoms with Crippen molar-refractivity contribution in [2.45, 2.75) is 137 Å². The number of fused-ring (bicyclic) bond motifs is 2. The first kappa shape index (κ1) is 77.7. The number of rotatable bonds is 26. The second kappa shape index (κ2) is 32.9. The van der Waals surface area contributed by atoms with Gasteiger partial charge < -0.3 is 53.2 Å². The Balaban J connectivity index is 0.000000228. The first-order valence-electron chi connectivity index (χ1n) is 31.8. The lowest BCUT2D eigenvalue weighted by Crippen LogP contribution is -2.57. The van der Waals surface area contributed by atoms with Crippen LogP contribution in [0, 0.1) is 0 Å². The first-order chi connectivity index (χ1) is 50.4. The van der Waals surface area contributed by atoms with Gasteiger partial charge in [0.2, 0.25) is 45.8 Å². The van der Waals surface area contributed by atoms with E-state index in [0.29, 0.717) is 22.8 Å². The number of thioether (sulfide) groups is 2. The predicted octanol–water partition coefficient (Wildman–Crippen LogP) is -3.04. The Morgan fingerprint density at radius 1 is 0.538 bits per heavy atom. The molecule has 6 aromatic rings. The number of H-pyrrole nitrogens is 2. The predicted molar refractivity (Wildman–Crippen MR) is 360 cm³/mol. The molecule has 2 spiro atoms. The standard InChI is InChI=1S/2C30H32N10O9S.2CO2/c2*1-13-25(44)40-20(28(48)49)12-50-30(40)38-18(26(45)39(13)30)8-6-17(41)7-9-19(27(46)47)35-23(42)14-2-4-15(5-3-14)32-10-16-11-33-22-21(34-16)24(43)37-29(31)36-22;2*2-1-3/h2*2-5,11,13,18-20,32,38H,6-10,12H2,1H3,(H,35,42)(H,46,47)(H,48,49)(H3,31,33,36,37,43);;/t13-,18-,19+,20-,30?;;;/m0.../s1. The highest BCUT2D eigenvalue weighted by Crippen LogP contribution is 2.51. The van der Waals surface area contributed by atoms with Gasteiger partial charge in [-0.3, -0.25) is 88.1 Å². The van der Waals surface area contributed by atoms with Gasteiger partial charge in [0.05, 0.1) is 49.0 Å². The number of carboxylic acid groups (broad SMARTS) is 4. The van der Waals surface area contributed by atoms with E-state index in [4.69, 9.17) is 30.6 Å². The number of Topliss-reactive ketones (excluding diaryl/α,β-unsaturated/α-hetero) is 2. The van der Waals surface area contributed by atoms with E-state index in [1.807, 2.05) is 0 Å². The van der Waals surface area contributed by atoms with E-state index in [9.17, 15) is 87.5 Å². The van der Waals surface area contributed by atoms with E-state index in [1.54, 1.807) is 24.3 Å². The van der Waals surface area contributed by atoms with Gasteiger partial charge >= 0.3 is 36.2 Å². The van der Waals surface area contributed by atoms with E-state index in [1.165, 1.54) is 70.1 Å². The summed E-state index contributed by atoms with van der Waals surface area (Å²) in [5.41, 5.74) is 12.7. The molecule has 42 nitrogen and oxygen atoms in total. The summed E-state index contributed by atoms with van der Waals surface area (Å²) in [5.74, 6) is -8.70. The molecule has 4 aromatic heterocycles. The van der Waals surface area contributed by atoms with Crippen molar-refractivity contribution in [1.82, 2.24) is 80.7 Å². The Hall–Kier alpha value is -12.5. The average Bonchev–Trinajstić information content (AvgIpc) is 1.54. The third-order valence-electron chi connectivity index (χ3n) is 17.4. The largest absolute Gasteiger partial charge is 0.480 e. The highest BCUT2D eigenvalue weighted by molar-refractivity contribution is 8.01. The van der Waals surface area contributed by atoms with Crippen molar-refractivity contribution in [3.8, 4) is 0 Å². The highest BCUT2D eigenvalue weighted by Gasteiger charge is 2.71. The zero-order valence-corrected chi connectivity index (χ0v) is 57.1. The van der Waals surface area contributed by atoms with E-state index < -0.39 is 129 Å². The molecule has 556 valence electrons. The number of hydrogen-bond acceptors (Lipinski definition) is 32. The molecule has 10 atom stereocenters. The van der Waals surface area contributed by atoms with Gasteiger partial charge in [-0.2, -0.15) is 29.1 Å². The number of carboxylic acids is 4. The first-order valence-corrected chi connectivity index (χ1v) is 33.8. The number of nitrogens with zero attached hydrogens (tertiary/aromatic N) is 10. The number of benzene rings is 2. The maximum absolute atomic E-state index is 13.2. The Bertz CT molecular complexity index is 4440. The maximum Gasteiger partial charge on any atom is 0.373 e. The second-order valence-electron chi connectivity index (χ2n) is 24.1. The SMILES string of the molecule is CC1C(=O)N2C(C(=O)O)CSC23NC(CCC(=O)CCC(NC(=O)c2ccc(NCc4cnc5nc(N)[nH]c(=O)c5n4)cc2)C(=O)O)C(=O)N13.C[C@H]1C(=O)N2[C@H](C(=O)O)CSC23N[C@@H](CCC(=O)CC[C@@H](NC(=O)c2ccc(NCc4cnc5nc(N)[nH]c(=O)c5n4)cc2)C(=O)O)C(=O)N13.O=C=O.O=C=O. The van der Waals surface area contributed by atoms with Crippen LogP contribution in [-0.2, 0) is 80.2 Å². The van der Waals surface area contributed by atoms with E-state index >= 15 is 0 Å². The molecule has 6 saturated heterocycles. The van der Waals surface area contributed by atoms with E-state index in [0.717, 1.165) is 23.5 Å². The summed E-state index contributed by atoms with van der Waals surface area (Å²) in [7, 11) is 0. The lowest BCUT2D eigenvalue weighted by atomic mass is 10.0. The fourth-order valence-corrected chi connectivity index (χ4v) is 15.7. The molecule has 106 heavy (non-hydrogen) atoms. The maximum atomic E-state index is 13.2. The Kier molecular flexibility index (Phi) is 24.1. The molecular formula is C62H64N20O22S2. The van der Waals surface area contributed by atoms with Gasteiger partial charge in [0.1, 0.15) is 47.8 Å². The number of hydrogen-bond donors (Lipinski definition) is 14. The van der Waals surface area contributed by atoms with Gasteiger partial charge in [-0.25, -0.2) is 39.1 Å². The summed E-state index contributed by atoms with van der Waals surface area (Å²) >= 11 is 2.29.